The van der Waals surface area contributed by atoms with Gasteiger partial charge in [0.05, 0.1) is 34.2 Å². The zero-order valence-corrected chi connectivity index (χ0v) is 19.3. The van der Waals surface area contributed by atoms with Crippen molar-refractivity contribution in [3.05, 3.63) is 94.3 Å². The molecule has 0 aromatic carbocycles. The lowest BCUT2D eigenvalue weighted by molar-refractivity contribution is 0.639. The van der Waals surface area contributed by atoms with Gasteiger partial charge in [-0.25, -0.2) is 15.0 Å². The van der Waals surface area contributed by atoms with Gasteiger partial charge in [-0.15, -0.1) is 0 Å². The quantitative estimate of drug-likeness (QED) is 0.570. The lowest BCUT2D eigenvalue weighted by atomic mass is 9.97. The largest absolute Gasteiger partial charge is 0.359 e. The lowest BCUT2D eigenvalue weighted by Gasteiger charge is -2.14. The average Bonchev–Trinajstić information content (AvgIpc) is 3.52. The van der Waals surface area contributed by atoms with E-state index >= 15 is 0 Å². The topological polar surface area (TPSA) is 49.1 Å². The number of fused-ring (bicyclic) bond motifs is 5. The summed E-state index contributed by atoms with van der Waals surface area (Å²) in [6, 6.07) is 0. The minimum Gasteiger partial charge on any atom is -0.359 e. The van der Waals surface area contributed by atoms with Crippen LogP contribution in [0.25, 0.3) is 0 Å². The minimum atomic E-state index is 0.524. The van der Waals surface area contributed by atoms with Crippen LogP contribution in [0.4, 0.5) is 0 Å². The SMILES string of the molecule is CC(C)CC1=C2C=CC(=N2)C=C2C=CC(=N2)C(CC(C)C)=C2C=CC(=N2)C=C2CC=C1N2. The summed E-state index contributed by atoms with van der Waals surface area (Å²) in [4.78, 5) is 14.8. The molecule has 0 saturated carbocycles. The van der Waals surface area contributed by atoms with Gasteiger partial charge >= 0.3 is 0 Å². The third-order valence-electron chi connectivity index (χ3n) is 5.90. The molecule has 162 valence electrons. The molecule has 0 aliphatic carbocycles. The zero-order valence-electron chi connectivity index (χ0n) is 19.3. The van der Waals surface area contributed by atoms with Crippen LogP contribution in [0, 0.1) is 11.8 Å². The summed E-state index contributed by atoms with van der Waals surface area (Å²) in [5.74, 6) is 1.07. The fourth-order valence-corrected chi connectivity index (χ4v) is 4.50. The molecule has 4 nitrogen and oxygen atoms in total. The van der Waals surface area contributed by atoms with Gasteiger partial charge in [-0.2, -0.15) is 0 Å². The number of rotatable bonds is 4. The zero-order chi connectivity index (χ0) is 22.2. The molecular weight excluding hydrogens is 392 g/mol. The van der Waals surface area contributed by atoms with Crippen LogP contribution >= 0.6 is 0 Å². The summed E-state index contributed by atoms with van der Waals surface area (Å²) in [6.45, 7) is 8.99. The third-order valence-corrected chi connectivity index (χ3v) is 5.90. The molecule has 0 aromatic rings. The maximum atomic E-state index is 4.96. The molecule has 0 saturated heterocycles. The van der Waals surface area contributed by atoms with Gasteiger partial charge in [0, 0.05) is 29.0 Å². The predicted octanol–water partition coefficient (Wildman–Crippen LogP) is 6.28. The molecule has 5 rings (SSSR count). The maximum Gasteiger partial charge on any atom is 0.0691 e. The van der Waals surface area contributed by atoms with Crippen molar-refractivity contribution in [3.8, 4) is 0 Å². The summed E-state index contributed by atoms with van der Waals surface area (Å²) >= 11 is 0. The highest BCUT2D eigenvalue weighted by atomic mass is 14.9. The lowest BCUT2D eigenvalue weighted by Crippen LogP contribution is -2.12. The molecule has 4 heteroatoms. The highest BCUT2D eigenvalue weighted by molar-refractivity contribution is 6.15. The van der Waals surface area contributed by atoms with Crippen LogP contribution in [0.2, 0.25) is 0 Å². The summed E-state index contributed by atoms with van der Waals surface area (Å²) in [7, 11) is 0. The molecule has 5 aliphatic heterocycles. The van der Waals surface area contributed by atoms with Crippen LogP contribution in [0.15, 0.2) is 109 Å². The van der Waals surface area contributed by atoms with Gasteiger partial charge in [-0.3, -0.25) is 0 Å². The van der Waals surface area contributed by atoms with Gasteiger partial charge in [0.2, 0.25) is 0 Å². The Morgan fingerprint density at radius 3 is 2.12 bits per heavy atom. The monoisotopic (exact) mass is 422 g/mol. The van der Waals surface area contributed by atoms with E-state index in [2.05, 4.69) is 87.7 Å². The van der Waals surface area contributed by atoms with Crippen LogP contribution < -0.4 is 5.32 Å². The Bertz CT molecular complexity index is 1200. The van der Waals surface area contributed by atoms with Crippen LogP contribution in [0.3, 0.4) is 0 Å². The number of nitrogens with zero attached hydrogens (tertiary/aromatic N) is 3. The fraction of sp³-hybridized carbons (Fsp3) is 0.321. The fourth-order valence-electron chi connectivity index (χ4n) is 4.50. The first-order valence-electron chi connectivity index (χ1n) is 11.6. The number of hydrogen-bond acceptors (Lipinski definition) is 4. The molecular formula is C28H30N4. The van der Waals surface area contributed by atoms with E-state index < -0.39 is 0 Å². The van der Waals surface area contributed by atoms with E-state index in [0.717, 1.165) is 53.5 Å². The van der Waals surface area contributed by atoms with Crippen molar-refractivity contribution in [1.82, 2.24) is 5.32 Å². The summed E-state index contributed by atoms with van der Waals surface area (Å²) < 4.78 is 0. The Hall–Kier alpha value is -3.27. The molecule has 0 unspecified atom stereocenters. The molecule has 0 aromatic heterocycles. The Morgan fingerprint density at radius 2 is 1.41 bits per heavy atom. The second kappa shape index (κ2) is 8.34. The molecule has 0 fully saturated rings. The Balaban J connectivity index is 1.64. The van der Waals surface area contributed by atoms with Crippen LogP contribution in [-0.2, 0) is 0 Å². The highest BCUT2D eigenvalue weighted by Crippen LogP contribution is 2.31. The molecule has 0 spiro atoms. The van der Waals surface area contributed by atoms with E-state index in [1.54, 1.807) is 0 Å². The maximum absolute atomic E-state index is 4.96. The minimum absolute atomic E-state index is 0.524. The smallest absolute Gasteiger partial charge is 0.0691 e. The second-order valence-electron chi connectivity index (χ2n) is 9.68. The van der Waals surface area contributed by atoms with Crippen LogP contribution in [0.5, 0.6) is 0 Å². The van der Waals surface area contributed by atoms with Crippen LogP contribution in [0.1, 0.15) is 47.0 Å². The normalized spacial score (nSPS) is 21.3. The first-order valence-corrected chi connectivity index (χ1v) is 11.6. The third kappa shape index (κ3) is 4.22. The summed E-state index contributed by atoms with van der Waals surface area (Å²) in [5.41, 5.74) is 10.8. The van der Waals surface area contributed by atoms with Gasteiger partial charge < -0.3 is 5.32 Å². The molecule has 8 bridgehead atoms. The second-order valence-corrected chi connectivity index (χ2v) is 9.68. The Morgan fingerprint density at radius 1 is 0.750 bits per heavy atom. The molecule has 0 atom stereocenters. The van der Waals surface area contributed by atoms with Gasteiger partial charge in [-0.1, -0.05) is 33.8 Å². The van der Waals surface area contributed by atoms with Crippen molar-refractivity contribution in [1.29, 1.82) is 0 Å². The Kier molecular flexibility index (Phi) is 5.38. The van der Waals surface area contributed by atoms with Gasteiger partial charge in [0.1, 0.15) is 0 Å². The molecule has 32 heavy (non-hydrogen) atoms. The first kappa shape index (κ1) is 20.6. The first-order chi connectivity index (χ1) is 15.4. The molecule has 5 heterocycles. The summed E-state index contributed by atoms with van der Waals surface area (Å²) in [5, 5.41) is 3.65. The van der Waals surface area contributed by atoms with Crippen molar-refractivity contribution in [2.75, 3.05) is 0 Å². The van der Waals surface area contributed by atoms with E-state index in [0.29, 0.717) is 11.8 Å². The number of hydrogen-bond donors (Lipinski definition) is 1. The van der Waals surface area contributed by atoms with Crippen molar-refractivity contribution in [2.24, 2.45) is 26.8 Å². The van der Waals surface area contributed by atoms with Crippen molar-refractivity contribution < 1.29 is 0 Å². The molecule has 5 aliphatic rings. The molecule has 0 amide bonds. The predicted molar refractivity (Wildman–Crippen MR) is 135 cm³/mol. The average molecular weight is 423 g/mol. The van der Waals surface area contributed by atoms with E-state index in [-0.39, 0.29) is 0 Å². The highest BCUT2D eigenvalue weighted by Gasteiger charge is 2.22. The van der Waals surface area contributed by atoms with Crippen molar-refractivity contribution in [3.63, 3.8) is 0 Å². The number of nitrogens with one attached hydrogen (secondary N) is 1. The van der Waals surface area contributed by atoms with E-state index in [4.69, 9.17) is 15.0 Å². The van der Waals surface area contributed by atoms with E-state index in [9.17, 15) is 0 Å². The molecule has 0 radical (unpaired) electrons. The van der Waals surface area contributed by atoms with Crippen molar-refractivity contribution >= 4 is 17.1 Å². The van der Waals surface area contributed by atoms with Crippen molar-refractivity contribution in [2.45, 2.75) is 47.0 Å². The van der Waals surface area contributed by atoms with Crippen LogP contribution in [-0.4, -0.2) is 17.1 Å². The standard InChI is InChI=1S/C28H30N4/c1-17(2)13-23-25-9-5-19(29-25)15-21-7-11-27(31-21)24(14-18(3)4)28-12-8-22(32-28)16-20-6-10-26(23)30-20/h5-7,9-12,15-18,32H,8,13-14H2,1-4H3. The van der Waals surface area contributed by atoms with Gasteiger partial charge in [0.15, 0.2) is 0 Å². The van der Waals surface area contributed by atoms with E-state index in [1.165, 1.54) is 22.5 Å². The molecule has 1 N–H and O–H groups in total. The van der Waals surface area contributed by atoms with Gasteiger partial charge in [0.25, 0.3) is 0 Å². The number of aliphatic imine (C=N–C) groups is 3. The van der Waals surface area contributed by atoms with Gasteiger partial charge in [-0.05, 0) is 73.3 Å². The number of allylic oxidation sites excluding steroid dienone is 11. The summed E-state index contributed by atoms with van der Waals surface area (Å²) in [6.07, 6.45) is 22.0. The Labute approximate surface area is 190 Å². The van der Waals surface area contributed by atoms with E-state index in [1.807, 2.05) is 0 Å².